The third kappa shape index (κ3) is 6.59. The minimum absolute atomic E-state index is 0.0764. The van der Waals surface area contributed by atoms with Gasteiger partial charge in [0.1, 0.15) is 0 Å². The van der Waals surface area contributed by atoms with E-state index in [0.717, 1.165) is 16.7 Å². The zero-order valence-electron chi connectivity index (χ0n) is 22.3. The number of hydrogen-bond acceptors (Lipinski definition) is 5. The Balaban J connectivity index is 1.61. The molecule has 39 heavy (non-hydrogen) atoms. The lowest BCUT2D eigenvalue weighted by atomic mass is 10.1. The molecule has 1 N–H and O–H groups in total. The lowest BCUT2D eigenvalue weighted by molar-refractivity contribution is 0.0954. The molecule has 0 spiro atoms. The summed E-state index contributed by atoms with van der Waals surface area (Å²) in [5.41, 5.74) is 3.31. The molecule has 0 bridgehead atoms. The van der Waals surface area contributed by atoms with Crippen LogP contribution in [0.5, 0.6) is 11.5 Å². The summed E-state index contributed by atoms with van der Waals surface area (Å²) in [6, 6.07) is 28.4. The highest BCUT2D eigenvalue weighted by Gasteiger charge is 2.28. The van der Waals surface area contributed by atoms with E-state index >= 15 is 0 Å². The molecule has 4 aromatic carbocycles. The van der Waals surface area contributed by atoms with E-state index in [0.29, 0.717) is 30.2 Å². The van der Waals surface area contributed by atoms with Gasteiger partial charge in [-0.05, 0) is 60.9 Å². The zero-order chi connectivity index (χ0) is 27.8. The maximum absolute atomic E-state index is 13.9. The van der Waals surface area contributed by atoms with Crippen molar-refractivity contribution in [3.8, 4) is 11.5 Å². The summed E-state index contributed by atoms with van der Waals surface area (Å²) in [6.45, 7) is 2.33. The Morgan fingerprint density at radius 1 is 0.795 bits per heavy atom. The molecule has 0 aliphatic carbocycles. The molecule has 202 valence electrons. The molecule has 4 rings (SSSR count). The third-order valence-corrected chi connectivity index (χ3v) is 8.12. The fraction of sp³-hybridized carbons (Fsp3) is 0.194. The molecule has 0 radical (unpaired) electrons. The summed E-state index contributed by atoms with van der Waals surface area (Å²) in [6.07, 6.45) is 0.559. The van der Waals surface area contributed by atoms with E-state index in [9.17, 15) is 13.2 Å². The lowest BCUT2D eigenvalue weighted by Crippen LogP contribution is -2.34. The molecule has 1 amide bonds. The van der Waals surface area contributed by atoms with Crippen LogP contribution in [0.2, 0.25) is 0 Å². The number of hydrogen-bond donors (Lipinski definition) is 1. The Bertz CT molecular complexity index is 1520. The van der Waals surface area contributed by atoms with E-state index in [1.54, 1.807) is 62.8 Å². The Morgan fingerprint density at radius 2 is 1.46 bits per heavy atom. The molecule has 0 saturated heterocycles. The Labute approximate surface area is 230 Å². The van der Waals surface area contributed by atoms with Gasteiger partial charge in [-0.25, -0.2) is 8.42 Å². The van der Waals surface area contributed by atoms with Crippen LogP contribution in [0.25, 0.3) is 0 Å². The van der Waals surface area contributed by atoms with Gasteiger partial charge in [-0.2, -0.15) is 0 Å². The molecular formula is C31H32N2O5S. The largest absolute Gasteiger partial charge is 0.493 e. The number of methoxy groups -OCH3 is 2. The molecule has 0 fully saturated rings. The minimum Gasteiger partial charge on any atom is -0.493 e. The first-order valence-electron chi connectivity index (χ1n) is 12.5. The molecular weight excluding hydrogens is 512 g/mol. The number of benzene rings is 4. The highest BCUT2D eigenvalue weighted by molar-refractivity contribution is 7.92. The second kappa shape index (κ2) is 12.5. The number of carbonyl (C=O) groups is 1. The van der Waals surface area contributed by atoms with Crippen molar-refractivity contribution in [2.75, 3.05) is 25.1 Å². The number of nitrogens with zero attached hydrogens (tertiary/aromatic N) is 1. The van der Waals surface area contributed by atoms with Gasteiger partial charge in [0.2, 0.25) is 0 Å². The molecule has 0 unspecified atom stereocenters. The highest BCUT2D eigenvalue weighted by Crippen LogP contribution is 2.30. The van der Waals surface area contributed by atoms with Crippen molar-refractivity contribution in [2.45, 2.75) is 24.8 Å². The summed E-state index contributed by atoms with van der Waals surface area (Å²) in [7, 11) is -0.821. The van der Waals surface area contributed by atoms with Crippen molar-refractivity contribution in [3.05, 3.63) is 119 Å². The number of rotatable bonds is 11. The quantitative estimate of drug-likeness (QED) is 0.274. The van der Waals surface area contributed by atoms with Crippen LogP contribution in [-0.2, 0) is 23.0 Å². The van der Waals surface area contributed by atoms with Gasteiger partial charge in [-0.15, -0.1) is 0 Å². The average molecular weight is 545 g/mol. The van der Waals surface area contributed by atoms with Gasteiger partial charge in [-0.1, -0.05) is 66.2 Å². The highest BCUT2D eigenvalue weighted by atomic mass is 32.2. The summed E-state index contributed by atoms with van der Waals surface area (Å²) in [5, 5.41) is 2.94. The topological polar surface area (TPSA) is 84.9 Å². The minimum atomic E-state index is -3.98. The van der Waals surface area contributed by atoms with Gasteiger partial charge in [0.05, 0.1) is 36.9 Å². The van der Waals surface area contributed by atoms with E-state index < -0.39 is 10.0 Å². The van der Waals surface area contributed by atoms with Crippen molar-refractivity contribution in [2.24, 2.45) is 0 Å². The van der Waals surface area contributed by atoms with Gasteiger partial charge < -0.3 is 14.8 Å². The van der Waals surface area contributed by atoms with Crippen LogP contribution in [0.1, 0.15) is 27.0 Å². The van der Waals surface area contributed by atoms with Crippen molar-refractivity contribution in [3.63, 3.8) is 0 Å². The Kier molecular flexibility index (Phi) is 8.88. The lowest BCUT2D eigenvalue weighted by Gasteiger charge is -2.26. The molecule has 0 aromatic heterocycles. The number of aryl methyl sites for hydroxylation is 1. The first-order valence-corrected chi connectivity index (χ1v) is 14.0. The van der Waals surface area contributed by atoms with Gasteiger partial charge in [0.25, 0.3) is 15.9 Å². The first-order chi connectivity index (χ1) is 18.8. The molecule has 7 nitrogen and oxygen atoms in total. The van der Waals surface area contributed by atoms with Crippen LogP contribution in [0, 0.1) is 6.92 Å². The van der Waals surface area contributed by atoms with Crippen LogP contribution in [0.3, 0.4) is 0 Å². The summed E-state index contributed by atoms with van der Waals surface area (Å²) < 4.78 is 39.8. The SMILES string of the molecule is COc1ccc(CCNC(=O)c2ccccc2N(Cc2ccccc2)S(=O)(=O)c2ccc(C)cc2)cc1OC. The molecule has 0 saturated carbocycles. The average Bonchev–Trinajstić information content (AvgIpc) is 2.96. The van der Waals surface area contributed by atoms with Crippen molar-refractivity contribution in [1.82, 2.24) is 5.32 Å². The normalized spacial score (nSPS) is 11.1. The smallest absolute Gasteiger partial charge is 0.264 e. The molecule has 0 aliphatic heterocycles. The van der Waals surface area contributed by atoms with Crippen LogP contribution in [-0.4, -0.2) is 35.1 Å². The zero-order valence-corrected chi connectivity index (χ0v) is 23.1. The number of sulfonamides is 1. The van der Waals surface area contributed by atoms with Crippen LogP contribution in [0.4, 0.5) is 5.69 Å². The molecule has 0 atom stereocenters. The second-order valence-corrected chi connectivity index (χ2v) is 10.9. The summed E-state index contributed by atoms with van der Waals surface area (Å²) in [5.74, 6) is 0.889. The number of ether oxygens (including phenoxy) is 2. The number of carbonyl (C=O) groups excluding carboxylic acids is 1. The van der Waals surface area contributed by atoms with Gasteiger partial charge in [0, 0.05) is 6.54 Å². The predicted molar refractivity (Wildman–Crippen MR) is 153 cm³/mol. The maximum Gasteiger partial charge on any atom is 0.264 e. The molecule has 8 heteroatoms. The van der Waals surface area contributed by atoms with Crippen LogP contribution >= 0.6 is 0 Å². The molecule has 4 aromatic rings. The number of nitrogens with one attached hydrogen (secondary N) is 1. The predicted octanol–water partition coefficient (Wildman–Crippen LogP) is 5.38. The summed E-state index contributed by atoms with van der Waals surface area (Å²) >= 11 is 0. The van der Waals surface area contributed by atoms with Crippen molar-refractivity contribution >= 4 is 21.6 Å². The van der Waals surface area contributed by atoms with Crippen LogP contribution in [0.15, 0.2) is 102 Å². The maximum atomic E-state index is 13.9. The second-order valence-electron chi connectivity index (χ2n) is 9.02. The third-order valence-electron chi connectivity index (χ3n) is 6.34. The number of anilines is 1. The van der Waals surface area contributed by atoms with E-state index in [1.807, 2.05) is 55.5 Å². The standard InChI is InChI=1S/C31H32N2O5S/c1-23-13-16-26(17-14-23)39(35,36)33(22-25-9-5-4-6-10-25)28-12-8-7-11-27(28)31(34)32-20-19-24-15-18-29(37-2)30(21-24)38-3/h4-18,21H,19-20,22H2,1-3H3,(H,32,34). The van der Waals surface area contributed by atoms with E-state index in [-0.39, 0.29) is 22.9 Å². The van der Waals surface area contributed by atoms with E-state index in [1.165, 1.54) is 4.31 Å². The monoisotopic (exact) mass is 544 g/mol. The number of amides is 1. The molecule has 0 heterocycles. The van der Waals surface area contributed by atoms with Crippen LogP contribution < -0.4 is 19.1 Å². The first kappa shape index (κ1) is 27.7. The molecule has 0 aliphatic rings. The fourth-order valence-electron chi connectivity index (χ4n) is 4.22. The van der Waals surface area contributed by atoms with Gasteiger partial charge in [-0.3, -0.25) is 9.10 Å². The summed E-state index contributed by atoms with van der Waals surface area (Å²) in [4.78, 5) is 13.5. The number of para-hydroxylation sites is 1. The fourth-order valence-corrected chi connectivity index (χ4v) is 5.69. The van der Waals surface area contributed by atoms with Gasteiger partial charge in [0.15, 0.2) is 11.5 Å². The Hall–Kier alpha value is -4.30. The Morgan fingerprint density at radius 3 is 2.15 bits per heavy atom. The van der Waals surface area contributed by atoms with Crippen molar-refractivity contribution in [1.29, 1.82) is 0 Å². The van der Waals surface area contributed by atoms with E-state index in [2.05, 4.69) is 5.32 Å². The van der Waals surface area contributed by atoms with Gasteiger partial charge >= 0.3 is 0 Å². The van der Waals surface area contributed by atoms with E-state index in [4.69, 9.17) is 9.47 Å². The van der Waals surface area contributed by atoms with Crippen molar-refractivity contribution < 1.29 is 22.7 Å².